The van der Waals surface area contributed by atoms with Crippen molar-refractivity contribution in [3.05, 3.63) is 75.7 Å². The van der Waals surface area contributed by atoms with Gasteiger partial charge in [-0.1, -0.05) is 36.5 Å². The molecule has 2 aromatic carbocycles. The Morgan fingerprint density at radius 1 is 1.11 bits per heavy atom. The number of rotatable bonds is 9. The summed E-state index contributed by atoms with van der Waals surface area (Å²) in [6.07, 6.45) is 3.83. The van der Waals surface area contributed by atoms with Gasteiger partial charge >= 0.3 is 4.87 Å². The van der Waals surface area contributed by atoms with Crippen LogP contribution >= 0.6 is 11.3 Å². The molecule has 8 nitrogen and oxygen atoms in total. The van der Waals surface area contributed by atoms with Crippen molar-refractivity contribution in [2.24, 2.45) is 0 Å². The number of Topliss-reactive ketones (excluding diaryl/α,β-unsaturated/α-hetero) is 1. The van der Waals surface area contributed by atoms with Crippen molar-refractivity contribution in [2.75, 3.05) is 39.5 Å². The Kier molecular flexibility index (Phi) is 7.50. The molecule has 0 saturated carbocycles. The molecule has 0 radical (unpaired) electrons. The lowest BCUT2D eigenvalue weighted by atomic mass is 10.1. The average molecular weight is 505 g/mol. The summed E-state index contributed by atoms with van der Waals surface area (Å²) in [6.45, 7) is 7.10. The molecule has 1 aliphatic heterocycles. The van der Waals surface area contributed by atoms with Crippen molar-refractivity contribution in [1.29, 1.82) is 0 Å². The smallest absolute Gasteiger partial charge is 0.308 e. The number of hydrogen-bond donors (Lipinski definition) is 0. The van der Waals surface area contributed by atoms with Gasteiger partial charge in [0.25, 0.3) is 0 Å². The maximum Gasteiger partial charge on any atom is 0.308 e. The number of carbonyl (C=O) groups is 1. The van der Waals surface area contributed by atoms with E-state index in [0.717, 1.165) is 54.2 Å². The highest BCUT2D eigenvalue weighted by molar-refractivity contribution is 7.16. The highest BCUT2D eigenvalue weighted by Crippen LogP contribution is 2.23. The van der Waals surface area contributed by atoms with E-state index in [4.69, 9.17) is 9.47 Å². The number of morpholine rings is 1. The lowest BCUT2D eigenvalue weighted by Crippen LogP contribution is -2.38. The van der Waals surface area contributed by atoms with Crippen LogP contribution in [0, 0.1) is 0 Å². The molecular formula is C27H28N4O4S. The Morgan fingerprint density at radius 2 is 1.92 bits per heavy atom. The lowest BCUT2D eigenvalue weighted by Gasteiger charge is -2.26. The van der Waals surface area contributed by atoms with Gasteiger partial charge in [0.2, 0.25) is 0 Å². The summed E-state index contributed by atoms with van der Waals surface area (Å²) in [5.41, 5.74) is 3.32. The second-order valence-electron chi connectivity index (χ2n) is 8.66. The molecule has 186 valence electrons. The van der Waals surface area contributed by atoms with Gasteiger partial charge in [-0.15, -0.1) is 0 Å². The molecule has 2 aromatic heterocycles. The van der Waals surface area contributed by atoms with Crippen LogP contribution in [0.15, 0.2) is 59.7 Å². The van der Waals surface area contributed by atoms with E-state index in [1.54, 1.807) is 23.0 Å². The van der Waals surface area contributed by atoms with Crippen molar-refractivity contribution >= 4 is 27.3 Å². The van der Waals surface area contributed by atoms with Gasteiger partial charge in [0.05, 0.1) is 42.4 Å². The zero-order chi connectivity index (χ0) is 24.9. The van der Waals surface area contributed by atoms with Crippen LogP contribution in [0.4, 0.5) is 0 Å². The van der Waals surface area contributed by atoms with Crippen LogP contribution in [0.3, 0.4) is 0 Å². The normalized spacial score (nSPS) is 14.2. The van der Waals surface area contributed by atoms with E-state index < -0.39 is 0 Å². The molecule has 0 atom stereocenters. The fourth-order valence-corrected chi connectivity index (χ4v) is 5.17. The number of aromatic nitrogens is 3. The van der Waals surface area contributed by atoms with Crippen molar-refractivity contribution in [3.8, 4) is 17.1 Å². The molecule has 0 amide bonds. The quantitative estimate of drug-likeness (QED) is 0.320. The maximum absolute atomic E-state index is 12.7. The second-order valence-corrected chi connectivity index (χ2v) is 9.65. The number of benzene rings is 2. The highest BCUT2D eigenvalue weighted by atomic mass is 32.1. The standard InChI is InChI=1S/C27H28N4O4S/c1-2-24(32)20-6-7-23-25(15-20)36-27(33)31(23)18-19-4-3-5-21(14-19)26-28-16-22(17-29-26)35-13-10-30-8-11-34-12-9-30/h3-7,14-17H,2,8-13,18H2,1H3. The van der Waals surface area contributed by atoms with Crippen LogP contribution < -0.4 is 9.61 Å². The number of ether oxygens (including phenoxy) is 2. The van der Waals surface area contributed by atoms with Gasteiger partial charge in [0.15, 0.2) is 17.4 Å². The Morgan fingerprint density at radius 3 is 2.69 bits per heavy atom. The maximum atomic E-state index is 12.7. The Hall–Kier alpha value is -3.40. The number of carbonyl (C=O) groups excluding carboxylic acids is 1. The summed E-state index contributed by atoms with van der Waals surface area (Å²) in [4.78, 5) is 36.0. The molecule has 4 aromatic rings. The van der Waals surface area contributed by atoms with Gasteiger partial charge in [-0.05, 0) is 29.8 Å². The van der Waals surface area contributed by atoms with Crippen molar-refractivity contribution in [2.45, 2.75) is 19.9 Å². The molecule has 0 spiro atoms. The first kappa shape index (κ1) is 24.3. The Balaban J connectivity index is 1.27. The summed E-state index contributed by atoms with van der Waals surface area (Å²) in [6, 6.07) is 13.4. The molecule has 0 unspecified atom stereocenters. The molecule has 1 saturated heterocycles. The third-order valence-electron chi connectivity index (χ3n) is 6.25. The minimum absolute atomic E-state index is 0.0497. The summed E-state index contributed by atoms with van der Waals surface area (Å²) in [5, 5.41) is 0. The topological polar surface area (TPSA) is 86.5 Å². The van der Waals surface area contributed by atoms with E-state index in [2.05, 4.69) is 14.9 Å². The largest absolute Gasteiger partial charge is 0.489 e. The number of fused-ring (bicyclic) bond motifs is 1. The zero-order valence-electron chi connectivity index (χ0n) is 20.2. The first-order valence-electron chi connectivity index (χ1n) is 12.1. The van der Waals surface area contributed by atoms with Crippen molar-refractivity contribution in [1.82, 2.24) is 19.4 Å². The number of hydrogen-bond acceptors (Lipinski definition) is 8. The third-order valence-corrected chi connectivity index (χ3v) is 7.19. The summed E-state index contributed by atoms with van der Waals surface area (Å²) >= 11 is 1.17. The zero-order valence-corrected chi connectivity index (χ0v) is 21.0. The van der Waals surface area contributed by atoms with Crippen molar-refractivity contribution in [3.63, 3.8) is 0 Å². The predicted molar refractivity (Wildman–Crippen MR) is 140 cm³/mol. The third kappa shape index (κ3) is 5.53. The molecule has 0 bridgehead atoms. The number of thiazole rings is 1. The van der Waals surface area contributed by atoms with Crippen LogP contribution in [-0.4, -0.2) is 64.7 Å². The average Bonchev–Trinajstić information content (AvgIpc) is 3.23. The molecule has 1 fully saturated rings. The molecule has 0 aliphatic carbocycles. The van der Waals surface area contributed by atoms with E-state index in [1.165, 1.54) is 11.3 Å². The van der Waals surface area contributed by atoms with Gasteiger partial charge in [0.1, 0.15) is 6.61 Å². The fraction of sp³-hybridized carbons (Fsp3) is 0.333. The van der Waals surface area contributed by atoms with Crippen LogP contribution in [0.2, 0.25) is 0 Å². The molecule has 9 heteroatoms. The predicted octanol–water partition coefficient (Wildman–Crippen LogP) is 3.87. The minimum atomic E-state index is -0.0497. The van der Waals surface area contributed by atoms with E-state index in [9.17, 15) is 9.59 Å². The summed E-state index contributed by atoms with van der Waals surface area (Å²) in [5.74, 6) is 1.31. The first-order chi connectivity index (χ1) is 17.6. The second kappa shape index (κ2) is 11.1. The van der Waals surface area contributed by atoms with Gasteiger partial charge in [0, 0.05) is 37.2 Å². The molecule has 1 aliphatic rings. The number of ketones is 1. The van der Waals surface area contributed by atoms with E-state index in [0.29, 0.717) is 36.7 Å². The van der Waals surface area contributed by atoms with Gasteiger partial charge in [-0.25, -0.2) is 9.97 Å². The van der Waals surface area contributed by atoms with Crippen molar-refractivity contribution < 1.29 is 14.3 Å². The molecular weight excluding hydrogens is 476 g/mol. The summed E-state index contributed by atoms with van der Waals surface area (Å²) < 4.78 is 13.7. The summed E-state index contributed by atoms with van der Waals surface area (Å²) in [7, 11) is 0. The Bertz CT molecular complexity index is 1410. The number of nitrogens with zero attached hydrogens (tertiary/aromatic N) is 4. The fourth-order valence-electron chi connectivity index (χ4n) is 4.24. The SMILES string of the molecule is CCC(=O)c1ccc2c(c1)sc(=O)n2Cc1cccc(-c2ncc(OCCN3CCOCC3)cn2)c1. The van der Waals surface area contributed by atoms with Crippen LogP contribution in [0.1, 0.15) is 29.3 Å². The Labute approximate surface area is 213 Å². The van der Waals surface area contributed by atoms with E-state index in [-0.39, 0.29) is 10.7 Å². The first-order valence-corrected chi connectivity index (χ1v) is 12.9. The van der Waals surface area contributed by atoms with Gasteiger partial charge in [-0.2, -0.15) is 0 Å². The van der Waals surface area contributed by atoms with Gasteiger partial charge in [-0.3, -0.25) is 19.1 Å². The van der Waals surface area contributed by atoms with Crippen LogP contribution in [-0.2, 0) is 11.3 Å². The van der Waals surface area contributed by atoms with E-state index >= 15 is 0 Å². The highest BCUT2D eigenvalue weighted by Gasteiger charge is 2.13. The van der Waals surface area contributed by atoms with E-state index in [1.807, 2.05) is 43.3 Å². The van der Waals surface area contributed by atoms with Crippen LogP contribution in [0.25, 0.3) is 21.6 Å². The van der Waals surface area contributed by atoms with Crippen LogP contribution in [0.5, 0.6) is 5.75 Å². The molecule has 0 N–H and O–H groups in total. The monoisotopic (exact) mass is 504 g/mol. The molecule has 36 heavy (non-hydrogen) atoms. The lowest BCUT2D eigenvalue weighted by molar-refractivity contribution is 0.0322. The van der Waals surface area contributed by atoms with Gasteiger partial charge < -0.3 is 9.47 Å². The molecule has 3 heterocycles. The minimum Gasteiger partial charge on any atom is -0.489 e. The molecule has 5 rings (SSSR count).